The molecule has 0 heterocycles. The number of rotatable bonds is 10. The molecule has 0 aliphatic carbocycles. The monoisotopic (exact) mass is 295 g/mol. The zero-order valence-electron chi connectivity index (χ0n) is 13.9. The van der Waals surface area contributed by atoms with Crippen molar-refractivity contribution < 1.29 is 14.2 Å². The van der Waals surface area contributed by atoms with Gasteiger partial charge in [-0.2, -0.15) is 0 Å². The zero-order valence-corrected chi connectivity index (χ0v) is 13.9. The molecule has 4 nitrogen and oxygen atoms in total. The first kappa shape index (κ1) is 17.8. The van der Waals surface area contributed by atoms with Crippen LogP contribution in [0.4, 0.5) is 0 Å². The molecular weight excluding hydrogens is 266 g/mol. The van der Waals surface area contributed by atoms with E-state index in [-0.39, 0.29) is 6.10 Å². The Morgan fingerprint density at radius 3 is 2.38 bits per heavy atom. The van der Waals surface area contributed by atoms with Gasteiger partial charge >= 0.3 is 0 Å². The Hall–Kier alpha value is -1.26. The van der Waals surface area contributed by atoms with E-state index in [1.807, 2.05) is 12.1 Å². The van der Waals surface area contributed by atoms with Crippen molar-refractivity contribution in [1.82, 2.24) is 5.32 Å². The number of hydrogen-bond donors (Lipinski definition) is 1. The van der Waals surface area contributed by atoms with Gasteiger partial charge < -0.3 is 19.5 Å². The minimum absolute atomic E-state index is 0.251. The molecule has 0 aliphatic rings. The second-order valence-corrected chi connectivity index (χ2v) is 5.43. The Labute approximate surface area is 128 Å². The van der Waals surface area contributed by atoms with Crippen molar-refractivity contribution in [3.63, 3.8) is 0 Å². The van der Waals surface area contributed by atoms with Crippen molar-refractivity contribution >= 4 is 0 Å². The van der Waals surface area contributed by atoms with Crippen molar-refractivity contribution in [3.05, 3.63) is 23.8 Å². The maximum atomic E-state index is 5.76. The van der Waals surface area contributed by atoms with Gasteiger partial charge in [0.15, 0.2) is 11.5 Å². The third kappa shape index (κ3) is 6.36. The molecule has 1 aromatic carbocycles. The topological polar surface area (TPSA) is 39.7 Å². The maximum Gasteiger partial charge on any atom is 0.160 e. The average molecular weight is 295 g/mol. The lowest BCUT2D eigenvalue weighted by atomic mass is 10.1. The lowest BCUT2D eigenvalue weighted by molar-refractivity contribution is 0.0613. The van der Waals surface area contributed by atoms with E-state index < -0.39 is 0 Å². The average Bonchev–Trinajstić information content (AvgIpc) is 2.49. The van der Waals surface area contributed by atoms with Crippen LogP contribution >= 0.6 is 0 Å². The Balaban J connectivity index is 2.72. The van der Waals surface area contributed by atoms with Gasteiger partial charge in [0.2, 0.25) is 0 Å². The normalized spacial score (nSPS) is 12.5. The fourth-order valence-corrected chi connectivity index (χ4v) is 2.14. The molecule has 1 rings (SSSR count). The van der Waals surface area contributed by atoms with Crippen LogP contribution in [0.15, 0.2) is 18.2 Å². The molecule has 0 spiro atoms. The molecular formula is C17H29NO3. The summed E-state index contributed by atoms with van der Waals surface area (Å²) in [7, 11) is 3.32. The predicted molar refractivity (Wildman–Crippen MR) is 86.4 cm³/mol. The number of benzene rings is 1. The highest BCUT2D eigenvalue weighted by Gasteiger charge is 2.12. The lowest BCUT2D eigenvalue weighted by Crippen LogP contribution is -2.36. The van der Waals surface area contributed by atoms with Gasteiger partial charge in [-0.3, -0.25) is 0 Å². The first-order chi connectivity index (χ1) is 10.1. The molecule has 0 fully saturated rings. The van der Waals surface area contributed by atoms with Gasteiger partial charge in [0.1, 0.15) is 0 Å². The third-order valence-electron chi connectivity index (χ3n) is 3.24. The van der Waals surface area contributed by atoms with Crippen molar-refractivity contribution in [1.29, 1.82) is 0 Å². The molecule has 1 N–H and O–H groups in total. The van der Waals surface area contributed by atoms with Crippen molar-refractivity contribution in [3.8, 4) is 11.5 Å². The first-order valence-electron chi connectivity index (χ1n) is 7.66. The van der Waals surface area contributed by atoms with E-state index in [2.05, 4.69) is 32.2 Å². The molecule has 0 bridgehead atoms. The highest BCUT2D eigenvalue weighted by atomic mass is 16.5. The second-order valence-electron chi connectivity index (χ2n) is 5.43. The van der Waals surface area contributed by atoms with Gasteiger partial charge in [0.05, 0.1) is 26.9 Å². The van der Waals surface area contributed by atoms with E-state index in [1.54, 1.807) is 14.2 Å². The summed E-state index contributed by atoms with van der Waals surface area (Å²) in [6, 6.07) is 6.38. The Morgan fingerprint density at radius 2 is 1.81 bits per heavy atom. The van der Waals surface area contributed by atoms with Crippen LogP contribution in [-0.2, 0) is 11.2 Å². The number of nitrogens with one attached hydrogen (secondary N) is 1. The maximum absolute atomic E-state index is 5.76. The molecule has 0 radical (unpaired) electrons. The Kier molecular flexibility index (Phi) is 8.16. The standard InChI is InChI=1S/C17H29NO3/c1-6-9-18-15(12-21-13(2)3)10-14-7-8-16(19-4)17(11-14)20-5/h7-8,11,13,15,18H,6,9-10,12H2,1-5H3. The highest BCUT2D eigenvalue weighted by molar-refractivity contribution is 5.43. The number of methoxy groups -OCH3 is 2. The Bertz CT molecular complexity index is 407. The van der Waals surface area contributed by atoms with Crippen LogP contribution < -0.4 is 14.8 Å². The predicted octanol–water partition coefficient (Wildman–Crippen LogP) is 3.04. The molecule has 0 aliphatic heterocycles. The summed E-state index contributed by atoms with van der Waals surface area (Å²) in [6.07, 6.45) is 2.28. The SMILES string of the molecule is CCCNC(COC(C)C)Cc1ccc(OC)c(OC)c1. The van der Waals surface area contributed by atoms with Crippen LogP contribution in [0.5, 0.6) is 11.5 Å². The summed E-state index contributed by atoms with van der Waals surface area (Å²) < 4.78 is 16.4. The van der Waals surface area contributed by atoms with Crippen LogP contribution in [0.3, 0.4) is 0 Å². The van der Waals surface area contributed by atoms with E-state index in [0.29, 0.717) is 12.6 Å². The largest absolute Gasteiger partial charge is 0.493 e. The van der Waals surface area contributed by atoms with E-state index in [4.69, 9.17) is 14.2 Å². The summed E-state index contributed by atoms with van der Waals surface area (Å²) in [6.45, 7) is 8.01. The smallest absolute Gasteiger partial charge is 0.160 e. The molecule has 1 aromatic rings. The quantitative estimate of drug-likeness (QED) is 0.720. The third-order valence-corrected chi connectivity index (χ3v) is 3.24. The summed E-state index contributed by atoms with van der Waals surface area (Å²) in [5, 5.41) is 3.54. The summed E-state index contributed by atoms with van der Waals surface area (Å²) in [5.41, 5.74) is 1.22. The van der Waals surface area contributed by atoms with Crippen LogP contribution in [0, 0.1) is 0 Å². The minimum atomic E-state index is 0.251. The van der Waals surface area contributed by atoms with E-state index in [9.17, 15) is 0 Å². The molecule has 21 heavy (non-hydrogen) atoms. The fraction of sp³-hybridized carbons (Fsp3) is 0.647. The number of ether oxygens (including phenoxy) is 3. The van der Waals surface area contributed by atoms with Gasteiger partial charge in [0, 0.05) is 6.04 Å². The van der Waals surface area contributed by atoms with Gasteiger partial charge in [-0.05, 0) is 50.9 Å². The van der Waals surface area contributed by atoms with Crippen LogP contribution in [0.2, 0.25) is 0 Å². The molecule has 1 unspecified atom stereocenters. The molecule has 0 saturated heterocycles. The summed E-state index contributed by atoms with van der Waals surface area (Å²) >= 11 is 0. The van der Waals surface area contributed by atoms with Crippen LogP contribution in [-0.4, -0.2) is 39.5 Å². The summed E-state index contributed by atoms with van der Waals surface area (Å²) in [5.74, 6) is 1.53. The van der Waals surface area contributed by atoms with Crippen molar-refractivity contribution in [2.24, 2.45) is 0 Å². The molecule has 0 amide bonds. The molecule has 1 atom stereocenters. The van der Waals surface area contributed by atoms with Gasteiger partial charge in [-0.25, -0.2) is 0 Å². The van der Waals surface area contributed by atoms with E-state index in [0.717, 1.165) is 30.9 Å². The fourth-order valence-electron chi connectivity index (χ4n) is 2.14. The molecule has 0 saturated carbocycles. The molecule has 4 heteroatoms. The van der Waals surface area contributed by atoms with Gasteiger partial charge in [-0.15, -0.1) is 0 Å². The second kappa shape index (κ2) is 9.64. The highest BCUT2D eigenvalue weighted by Crippen LogP contribution is 2.28. The zero-order chi connectivity index (χ0) is 15.7. The van der Waals surface area contributed by atoms with Gasteiger partial charge in [0.25, 0.3) is 0 Å². The van der Waals surface area contributed by atoms with Crippen molar-refractivity contribution in [2.75, 3.05) is 27.4 Å². The van der Waals surface area contributed by atoms with Crippen LogP contribution in [0.25, 0.3) is 0 Å². The lowest BCUT2D eigenvalue weighted by Gasteiger charge is -2.20. The van der Waals surface area contributed by atoms with E-state index >= 15 is 0 Å². The van der Waals surface area contributed by atoms with Crippen molar-refractivity contribution in [2.45, 2.75) is 45.8 Å². The van der Waals surface area contributed by atoms with Gasteiger partial charge in [-0.1, -0.05) is 13.0 Å². The molecule has 120 valence electrons. The number of hydrogen-bond acceptors (Lipinski definition) is 4. The Morgan fingerprint density at radius 1 is 1.10 bits per heavy atom. The first-order valence-corrected chi connectivity index (χ1v) is 7.66. The summed E-state index contributed by atoms with van der Waals surface area (Å²) in [4.78, 5) is 0. The van der Waals surface area contributed by atoms with Crippen LogP contribution in [0.1, 0.15) is 32.8 Å². The molecule has 0 aromatic heterocycles. The minimum Gasteiger partial charge on any atom is -0.493 e. The van der Waals surface area contributed by atoms with E-state index in [1.165, 1.54) is 5.56 Å².